The molecule has 0 radical (unpaired) electrons. The first-order valence-corrected chi connectivity index (χ1v) is 8.96. The highest BCUT2D eigenvalue weighted by Crippen LogP contribution is 2.32. The normalized spacial score (nSPS) is 20.9. The summed E-state index contributed by atoms with van der Waals surface area (Å²) >= 11 is 0. The van der Waals surface area contributed by atoms with Crippen LogP contribution in [-0.4, -0.2) is 39.0 Å². The van der Waals surface area contributed by atoms with Crippen LogP contribution < -0.4 is 10.6 Å². The molecule has 24 heavy (non-hydrogen) atoms. The molecule has 0 amide bonds. The molecule has 0 aliphatic carbocycles. The quantitative estimate of drug-likeness (QED) is 0.485. The van der Waals surface area contributed by atoms with Crippen molar-refractivity contribution in [3.63, 3.8) is 0 Å². The summed E-state index contributed by atoms with van der Waals surface area (Å²) in [5.74, 6) is -0.755. The predicted molar refractivity (Wildman–Crippen MR) is 81.8 cm³/mol. The summed E-state index contributed by atoms with van der Waals surface area (Å²) in [6, 6.07) is 2.11. The first-order valence-electron chi connectivity index (χ1n) is 7.14. The number of halogens is 4. The lowest BCUT2D eigenvalue weighted by Gasteiger charge is -2.18. The van der Waals surface area contributed by atoms with Crippen molar-refractivity contribution in [1.29, 1.82) is 0 Å². The zero-order chi connectivity index (χ0) is 18.0. The largest absolute Gasteiger partial charge is 0.416 e. The summed E-state index contributed by atoms with van der Waals surface area (Å²) in [6.07, 6.45) is -4.26. The second-order valence-corrected chi connectivity index (χ2v) is 7.70. The van der Waals surface area contributed by atoms with Crippen LogP contribution in [0.4, 0.5) is 17.6 Å². The van der Waals surface area contributed by atoms with Gasteiger partial charge in [0.1, 0.15) is 5.82 Å². The number of alkyl halides is 3. The highest BCUT2D eigenvalue weighted by atomic mass is 32.2. The average Bonchev–Trinajstić information content (AvgIpc) is 2.82. The molecular weight excluding hydrogens is 350 g/mol. The van der Waals surface area contributed by atoms with E-state index >= 15 is 0 Å². The summed E-state index contributed by atoms with van der Waals surface area (Å²) < 4.78 is 74.7. The van der Waals surface area contributed by atoms with Crippen LogP contribution >= 0.6 is 0 Å². The van der Waals surface area contributed by atoms with E-state index in [9.17, 15) is 26.0 Å². The molecule has 2 rings (SSSR count). The lowest BCUT2D eigenvalue weighted by atomic mass is 10.1. The minimum Gasteiger partial charge on any atom is -0.353 e. The topological polar surface area (TPSA) is 70.6 Å². The number of nitrogens with one attached hydrogen (secondary N) is 2. The fraction of sp³-hybridized carbons (Fsp3) is 0.500. The van der Waals surface area contributed by atoms with Crippen molar-refractivity contribution >= 4 is 15.8 Å². The Balaban J connectivity index is 2.04. The van der Waals surface area contributed by atoms with Gasteiger partial charge in [0, 0.05) is 19.6 Å². The van der Waals surface area contributed by atoms with Crippen LogP contribution in [0.25, 0.3) is 0 Å². The van der Waals surface area contributed by atoms with E-state index in [-0.39, 0.29) is 35.6 Å². The molecule has 1 unspecified atom stereocenters. The lowest BCUT2D eigenvalue weighted by molar-refractivity contribution is -0.138. The molecule has 0 saturated carbocycles. The highest BCUT2D eigenvalue weighted by Gasteiger charge is 2.34. The minimum absolute atomic E-state index is 0.0436. The zero-order valence-corrected chi connectivity index (χ0v) is 13.6. The summed E-state index contributed by atoms with van der Waals surface area (Å²) in [4.78, 5) is 3.87. The number of rotatable bonds is 3. The number of hydrogen-bond donors (Lipinski definition) is 2. The van der Waals surface area contributed by atoms with Crippen molar-refractivity contribution in [1.82, 2.24) is 10.6 Å². The molecule has 1 fully saturated rings. The summed E-state index contributed by atoms with van der Waals surface area (Å²) in [6.45, 7) is -0.228. The molecule has 1 aliphatic heterocycles. The molecule has 2 N–H and O–H groups in total. The first kappa shape index (κ1) is 18.5. The van der Waals surface area contributed by atoms with E-state index in [4.69, 9.17) is 0 Å². The average molecular weight is 367 g/mol. The SMILES string of the molecule is CN=C(NCc1ccc(F)cc1C(F)(F)F)NC1CCS(=O)(=O)C1. The smallest absolute Gasteiger partial charge is 0.353 e. The Labute approximate surface area is 137 Å². The second-order valence-electron chi connectivity index (χ2n) is 5.47. The molecule has 1 aromatic rings. The van der Waals surface area contributed by atoms with Crippen molar-refractivity contribution in [2.45, 2.75) is 25.2 Å². The summed E-state index contributed by atoms with van der Waals surface area (Å²) in [5.41, 5.74) is -1.19. The van der Waals surface area contributed by atoms with Gasteiger partial charge in [-0.1, -0.05) is 6.07 Å². The maximum atomic E-state index is 13.1. The van der Waals surface area contributed by atoms with Crippen LogP contribution in [-0.2, 0) is 22.6 Å². The van der Waals surface area contributed by atoms with E-state index in [1.165, 1.54) is 7.05 Å². The second kappa shape index (κ2) is 6.96. The fourth-order valence-electron chi connectivity index (χ4n) is 2.44. The first-order chi connectivity index (χ1) is 11.1. The molecular formula is C14H17F4N3O2S. The number of guanidine groups is 1. The Hall–Kier alpha value is -1.84. The standard InChI is InChI=1S/C14H17F4N3O2S/c1-19-13(21-11-4-5-24(22,23)8-11)20-7-9-2-3-10(15)6-12(9)14(16,17)18/h2-3,6,11H,4-5,7-8H2,1H3,(H2,19,20,21). The number of nitrogens with zero attached hydrogens (tertiary/aromatic N) is 1. The van der Waals surface area contributed by atoms with Crippen LogP contribution in [0.1, 0.15) is 17.5 Å². The van der Waals surface area contributed by atoms with E-state index in [0.29, 0.717) is 12.5 Å². The number of benzene rings is 1. The van der Waals surface area contributed by atoms with Gasteiger partial charge in [-0.25, -0.2) is 12.8 Å². The van der Waals surface area contributed by atoms with E-state index in [1.54, 1.807) is 0 Å². The third kappa shape index (κ3) is 4.83. The fourth-order valence-corrected chi connectivity index (χ4v) is 4.12. The molecule has 5 nitrogen and oxygen atoms in total. The Morgan fingerprint density at radius 3 is 2.62 bits per heavy atom. The van der Waals surface area contributed by atoms with Gasteiger partial charge in [-0.3, -0.25) is 4.99 Å². The molecule has 10 heteroatoms. The minimum atomic E-state index is -4.67. The van der Waals surface area contributed by atoms with Gasteiger partial charge in [0.05, 0.1) is 17.1 Å². The van der Waals surface area contributed by atoms with Crippen molar-refractivity contribution in [2.24, 2.45) is 4.99 Å². The van der Waals surface area contributed by atoms with Gasteiger partial charge in [-0.15, -0.1) is 0 Å². The molecule has 134 valence electrons. The van der Waals surface area contributed by atoms with E-state index < -0.39 is 27.4 Å². The Kier molecular flexibility index (Phi) is 5.36. The number of aliphatic imine (C=N–C) groups is 1. The van der Waals surface area contributed by atoms with Gasteiger partial charge in [0.2, 0.25) is 0 Å². The molecule has 1 saturated heterocycles. The molecule has 1 aromatic carbocycles. The van der Waals surface area contributed by atoms with Crippen LogP contribution in [0.2, 0.25) is 0 Å². The number of hydrogen-bond acceptors (Lipinski definition) is 3. The molecule has 1 heterocycles. The maximum absolute atomic E-state index is 13.1. The van der Waals surface area contributed by atoms with E-state index in [0.717, 1.165) is 12.1 Å². The maximum Gasteiger partial charge on any atom is 0.416 e. The van der Waals surface area contributed by atoms with Crippen molar-refractivity contribution < 1.29 is 26.0 Å². The van der Waals surface area contributed by atoms with Crippen LogP contribution in [0.5, 0.6) is 0 Å². The lowest BCUT2D eigenvalue weighted by Crippen LogP contribution is -2.43. The monoisotopic (exact) mass is 367 g/mol. The van der Waals surface area contributed by atoms with Crippen molar-refractivity contribution in [2.75, 3.05) is 18.6 Å². The van der Waals surface area contributed by atoms with E-state index in [1.807, 2.05) is 0 Å². The van der Waals surface area contributed by atoms with E-state index in [2.05, 4.69) is 15.6 Å². The molecule has 0 bridgehead atoms. The van der Waals surface area contributed by atoms with Crippen LogP contribution in [0.3, 0.4) is 0 Å². The van der Waals surface area contributed by atoms with Gasteiger partial charge in [-0.2, -0.15) is 13.2 Å². The highest BCUT2D eigenvalue weighted by molar-refractivity contribution is 7.91. The molecule has 0 aromatic heterocycles. The predicted octanol–water partition coefficient (Wildman–Crippen LogP) is 1.70. The third-order valence-electron chi connectivity index (χ3n) is 3.62. The Morgan fingerprint density at radius 2 is 2.08 bits per heavy atom. The van der Waals surface area contributed by atoms with Gasteiger partial charge in [-0.05, 0) is 24.1 Å². The van der Waals surface area contributed by atoms with Crippen LogP contribution in [0, 0.1) is 5.82 Å². The van der Waals surface area contributed by atoms with Gasteiger partial charge in [0.25, 0.3) is 0 Å². The Bertz CT molecular complexity index is 732. The summed E-state index contributed by atoms with van der Waals surface area (Å²) in [5, 5.41) is 5.56. The van der Waals surface area contributed by atoms with Crippen molar-refractivity contribution in [3.8, 4) is 0 Å². The molecule has 1 aliphatic rings. The van der Waals surface area contributed by atoms with Crippen LogP contribution in [0.15, 0.2) is 23.2 Å². The van der Waals surface area contributed by atoms with Gasteiger partial charge in [0.15, 0.2) is 15.8 Å². The van der Waals surface area contributed by atoms with Gasteiger partial charge < -0.3 is 10.6 Å². The number of sulfone groups is 1. The molecule has 0 spiro atoms. The third-order valence-corrected chi connectivity index (χ3v) is 5.39. The van der Waals surface area contributed by atoms with Crippen molar-refractivity contribution in [3.05, 3.63) is 35.1 Å². The zero-order valence-electron chi connectivity index (χ0n) is 12.8. The summed E-state index contributed by atoms with van der Waals surface area (Å²) in [7, 11) is -1.66. The Morgan fingerprint density at radius 1 is 1.38 bits per heavy atom. The molecule has 1 atom stereocenters. The van der Waals surface area contributed by atoms with Gasteiger partial charge >= 0.3 is 6.18 Å².